The number of unbranched alkanes of at least 4 members (excludes halogenated alkanes) is 3. The van der Waals surface area contributed by atoms with Gasteiger partial charge in [0.15, 0.2) is 0 Å². The minimum absolute atomic E-state index is 0.988. The van der Waals surface area contributed by atoms with E-state index in [2.05, 4.69) is 104 Å². The van der Waals surface area contributed by atoms with Crippen molar-refractivity contribution in [3.63, 3.8) is 0 Å². The molecule has 1 nitrogen and oxygen atoms in total. The van der Waals surface area contributed by atoms with Gasteiger partial charge in [0.1, 0.15) is 0 Å². The van der Waals surface area contributed by atoms with E-state index in [1.165, 1.54) is 42.5 Å². The minimum atomic E-state index is -2.22. The first-order chi connectivity index (χ1) is 14.2. The maximum atomic E-state index is 4.07. The SMILES string of the molecule is C=CC/C(=C\[Si](c1ccccc1)(c1ccccc1)N(CC)CC)CCCCCC. The molecule has 0 aromatic heterocycles. The van der Waals surface area contributed by atoms with Gasteiger partial charge in [-0.25, -0.2) is 0 Å². The summed E-state index contributed by atoms with van der Waals surface area (Å²) in [6.07, 6.45) is 9.47. The molecule has 0 aliphatic rings. The van der Waals surface area contributed by atoms with Crippen LogP contribution in [0.2, 0.25) is 0 Å². The molecule has 0 atom stereocenters. The first kappa shape index (κ1) is 23.4. The highest BCUT2D eigenvalue weighted by atomic mass is 28.3. The molecular weight excluding hydrogens is 366 g/mol. The van der Waals surface area contributed by atoms with Crippen LogP contribution in [0.4, 0.5) is 0 Å². The van der Waals surface area contributed by atoms with E-state index in [9.17, 15) is 0 Å². The van der Waals surface area contributed by atoms with Gasteiger partial charge in [0.2, 0.25) is 8.24 Å². The first-order valence-corrected chi connectivity index (χ1v) is 13.4. The molecule has 0 radical (unpaired) electrons. The number of allylic oxidation sites excluding steroid dienone is 2. The quantitative estimate of drug-likeness (QED) is 0.221. The monoisotopic (exact) mass is 405 g/mol. The van der Waals surface area contributed by atoms with Crippen LogP contribution >= 0.6 is 0 Å². The Morgan fingerprint density at radius 3 is 1.83 bits per heavy atom. The van der Waals surface area contributed by atoms with Crippen molar-refractivity contribution in [1.82, 2.24) is 4.57 Å². The van der Waals surface area contributed by atoms with Crippen molar-refractivity contribution in [3.8, 4) is 0 Å². The van der Waals surface area contributed by atoms with Crippen molar-refractivity contribution in [3.05, 3.63) is 84.6 Å². The number of hydrogen-bond donors (Lipinski definition) is 0. The predicted octanol–water partition coefficient (Wildman–Crippen LogP) is 6.10. The third-order valence-electron chi connectivity index (χ3n) is 5.86. The maximum absolute atomic E-state index is 4.07. The molecule has 0 heterocycles. The molecule has 0 bridgehead atoms. The molecule has 0 N–H and O–H groups in total. The van der Waals surface area contributed by atoms with Gasteiger partial charge in [0.25, 0.3) is 0 Å². The van der Waals surface area contributed by atoms with Crippen LogP contribution in [0.15, 0.2) is 84.6 Å². The summed E-state index contributed by atoms with van der Waals surface area (Å²) in [5.41, 5.74) is 4.25. The standard InChI is InChI=1S/C27H39NSi/c1-5-9-10-13-19-25(18-6-2)24-29(28(7-3)8-4,26-20-14-11-15-21-26)27-22-16-12-17-23-27/h6,11-12,14-17,20-24H,2,5,7-10,13,18-19H2,1,3-4H3/b25-24+. The largest absolute Gasteiger partial charge is 0.314 e. The molecule has 0 spiro atoms. The van der Waals surface area contributed by atoms with Crippen LogP contribution in [0, 0.1) is 0 Å². The van der Waals surface area contributed by atoms with Gasteiger partial charge in [-0.05, 0) is 42.7 Å². The summed E-state index contributed by atoms with van der Waals surface area (Å²) in [5.74, 6) is 0. The highest BCUT2D eigenvalue weighted by molar-refractivity contribution is 7.03. The fourth-order valence-electron chi connectivity index (χ4n) is 4.39. The summed E-state index contributed by atoms with van der Waals surface area (Å²) < 4.78 is 2.73. The summed E-state index contributed by atoms with van der Waals surface area (Å²) in [6.45, 7) is 13.1. The summed E-state index contributed by atoms with van der Waals surface area (Å²) in [6, 6.07) is 22.4. The maximum Gasteiger partial charge on any atom is 0.217 e. The average Bonchev–Trinajstić information content (AvgIpc) is 2.78. The van der Waals surface area contributed by atoms with Crippen LogP contribution < -0.4 is 10.4 Å². The molecule has 0 fully saturated rings. The molecule has 2 aromatic rings. The van der Waals surface area contributed by atoms with Gasteiger partial charge in [0.05, 0.1) is 0 Å². The van der Waals surface area contributed by atoms with Gasteiger partial charge in [-0.2, -0.15) is 0 Å². The van der Waals surface area contributed by atoms with Gasteiger partial charge in [-0.3, -0.25) is 0 Å². The van der Waals surface area contributed by atoms with Crippen LogP contribution in [0.5, 0.6) is 0 Å². The van der Waals surface area contributed by atoms with Crippen molar-refractivity contribution < 1.29 is 0 Å². The van der Waals surface area contributed by atoms with E-state index in [0.29, 0.717) is 0 Å². The van der Waals surface area contributed by atoms with Crippen molar-refractivity contribution >= 4 is 18.6 Å². The Balaban J connectivity index is 2.64. The smallest absolute Gasteiger partial charge is 0.217 e. The summed E-state index contributed by atoms with van der Waals surface area (Å²) in [5, 5.41) is 2.95. The molecule has 2 heteroatoms. The second kappa shape index (κ2) is 12.6. The number of rotatable bonds is 13. The zero-order chi connectivity index (χ0) is 21.0. The molecule has 0 aliphatic carbocycles. The lowest BCUT2D eigenvalue weighted by atomic mass is 10.1. The van der Waals surface area contributed by atoms with Gasteiger partial charge in [-0.15, -0.1) is 6.58 Å². The molecule has 2 rings (SSSR count). The van der Waals surface area contributed by atoms with Gasteiger partial charge >= 0.3 is 0 Å². The molecular formula is C27H39NSi. The Bertz CT molecular complexity index is 692. The van der Waals surface area contributed by atoms with Gasteiger partial charge in [-0.1, -0.05) is 118 Å². The van der Waals surface area contributed by atoms with Crippen LogP contribution in [0.1, 0.15) is 59.3 Å². The normalized spacial score (nSPS) is 12.3. The Morgan fingerprint density at radius 2 is 1.38 bits per heavy atom. The fourth-order valence-corrected chi connectivity index (χ4v) is 9.22. The Morgan fingerprint density at radius 1 is 0.828 bits per heavy atom. The predicted molar refractivity (Wildman–Crippen MR) is 132 cm³/mol. The molecule has 0 saturated heterocycles. The molecule has 156 valence electrons. The highest BCUT2D eigenvalue weighted by Gasteiger charge is 2.40. The van der Waals surface area contributed by atoms with E-state index in [1.54, 1.807) is 5.57 Å². The van der Waals surface area contributed by atoms with Crippen molar-refractivity contribution in [2.75, 3.05) is 13.1 Å². The van der Waals surface area contributed by atoms with E-state index in [-0.39, 0.29) is 0 Å². The Labute approximate surface area is 180 Å². The lowest BCUT2D eigenvalue weighted by Gasteiger charge is -2.41. The zero-order valence-electron chi connectivity index (χ0n) is 18.7. The molecule has 0 aliphatic heterocycles. The molecule has 0 unspecified atom stereocenters. The Hall–Kier alpha value is -1.90. The number of nitrogens with zero attached hydrogens (tertiary/aromatic N) is 1. The van der Waals surface area contributed by atoms with Crippen LogP contribution in [0.3, 0.4) is 0 Å². The van der Waals surface area contributed by atoms with Crippen molar-refractivity contribution in [2.24, 2.45) is 0 Å². The van der Waals surface area contributed by atoms with Crippen molar-refractivity contribution in [2.45, 2.75) is 59.3 Å². The van der Waals surface area contributed by atoms with E-state index in [0.717, 1.165) is 19.5 Å². The summed E-state index contributed by atoms with van der Waals surface area (Å²) >= 11 is 0. The minimum Gasteiger partial charge on any atom is -0.314 e. The molecule has 0 saturated carbocycles. The third kappa shape index (κ3) is 6.04. The molecule has 29 heavy (non-hydrogen) atoms. The molecule has 2 aromatic carbocycles. The highest BCUT2D eigenvalue weighted by Crippen LogP contribution is 2.21. The topological polar surface area (TPSA) is 3.24 Å². The summed E-state index contributed by atoms with van der Waals surface area (Å²) in [4.78, 5) is 0. The average molecular weight is 406 g/mol. The zero-order valence-corrected chi connectivity index (χ0v) is 19.7. The van der Waals surface area contributed by atoms with E-state index >= 15 is 0 Å². The second-order valence-electron chi connectivity index (χ2n) is 7.78. The van der Waals surface area contributed by atoms with E-state index in [4.69, 9.17) is 0 Å². The van der Waals surface area contributed by atoms with E-state index in [1.807, 2.05) is 0 Å². The Kier molecular flexibility index (Phi) is 10.2. The summed E-state index contributed by atoms with van der Waals surface area (Å²) in [7, 11) is -2.22. The van der Waals surface area contributed by atoms with Gasteiger partial charge in [0, 0.05) is 0 Å². The third-order valence-corrected chi connectivity index (χ3v) is 10.7. The second-order valence-corrected chi connectivity index (χ2v) is 11.4. The lowest BCUT2D eigenvalue weighted by Crippen LogP contribution is -2.69. The van der Waals surface area contributed by atoms with Crippen LogP contribution in [-0.2, 0) is 0 Å². The fraction of sp³-hybridized carbons (Fsp3) is 0.407. The van der Waals surface area contributed by atoms with Crippen LogP contribution in [0.25, 0.3) is 0 Å². The molecule has 0 amide bonds. The van der Waals surface area contributed by atoms with Crippen LogP contribution in [-0.4, -0.2) is 25.9 Å². The number of benzene rings is 2. The van der Waals surface area contributed by atoms with E-state index < -0.39 is 8.24 Å². The lowest BCUT2D eigenvalue weighted by molar-refractivity contribution is 0.481. The van der Waals surface area contributed by atoms with Crippen molar-refractivity contribution in [1.29, 1.82) is 0 Å². The first-order valence-electron chi connectivity index (χ1n) is 11.4. The number of hydrogen-bond acceptors (Lipinski definition) is 1. The van der Waals surface area contributed by atoms with Gasteiger partial charge < -0.3 is 4.57 Å².